The van der Waals surface area contributed by atoms with Gasteiger partial charge in [0, 0.05) is 68.3 Å². The van der Waals surface area contributed by atoms with Crippen LogP contribution < -0.4 is 29.6 Å². The zero-order chi connectivity index (χ0) is 49.7. The third kappa shape index (κ3) is 12.0. The van der Waals surface area contributed by atoms with Crippen LogP contribution in [0, 0.1) is 11.7 Å². The van der Waals surface area contributed by atoms with Crippen LogP contribution in [-0.2, 0) is 16.0 Å². The molecule has 3 atom stereocenters. The fourth-order valence-corrected chi connectivity index (χ4v) is 9.00. The number of carbonyl (C=O) groups excluding carboxylic acids is 2. The van der Waals surface area contributed by atoms with Gasteiger partial charge in [-0.15, -0.1) is 0 Å². The summed E-state index contributed by atoms with van der Waals surface area (Å²) in [4.78, 5) is 38.4. The molecule has 1 spiro atoms. The van der Waals surface area contributed by atoms with Gasteiger partial charge in [0.2, 0.25) is 5.91 Å². The Labute approximate surface area is 415 Å². The standard InChI is InChI=1S/C27H32Cl2N2O7.C26H24FN3O2/c1-26(2,25(34)35)37-23-12-22(19(11-20(23)29)24(33)30-3)36-15-18(32)14-31-8-6-27(7-9-31)13-16-10-17(28)4-5-21(16)38-27;1-17(29-26(31)19-7-8-19)25(18-5-3-2-4-6-18)32-23-13-14-24-20(15-23)16-28-30(24)22-11-9-21(27)10-12-22/h4-5,10-12,18,32H,6-9,13-15H2,1-3H3,(H,30,33)(H,34,35);2-6,9-17,19,25H,7-8H2,1H3,(H,29,31)/t18-;17-,25-/m00/s1. The average molecular weight is 997 g/mol. The van der Waals surface area contributed by atoms with Gasteiger partial charge >= 0.3 is 5.97 Å². The first-order valence-electron chi connectivity index (χ1n) is 23.2. The summed E-state index contributed by atoms with van der Waals surface area (Å²) in [6.45, 7) is 6.55. The van der Waals surface area contributed by atoms with Gasteiger partial charge in [0.25, 0.3) is 5.91 Å². The summed E-state index contributed by atoms with van der Waals surface area (Å²) >= 11 is 12.4. The lowest BCUT2D eigenvalue weighted by Gasteiger charge is -2.39. The number of fused-ring (bicyclic) bond motifs is 2. The smallest absolute Gasteiger partial charge is 0.347 e. The van der Waals surface area contributed by atoms with Crippen molar-refractivity contribution in [2.75, 3.05) is 33.3 Å². The van der Waals surface area contributed by atoms with Crippen molar-refractivity contribution < 1.29 is 47.9 Å². The van der Waals surface area contributed by atoms with Crippen molar-refractivity contribution in [1.82, 2.24) is 25.3 Å². The van der Waals surface area contributed by atoms with Crippen LogP contribution in [0.3, 0.4) is 0 Å². The van der Waals surface area contributed by atoms with Gasteiger partial charge in [-0.05, 0) is 111 Å². The summed E-state index contributed by atoms with van der Waals surface area (Å²) in [6.07, 6.45) is 5.00. The lowest BCUT2D eigenvalue weighted by molar-refractivity contribution is -0.152. The van der Waals surface area contributed by atoms with Crippen LogP contribution in [0.1, 0.15) is 74.0 Å². The summed E-state index contributed by atoms with van der Waals surface area (Å²) in [6, 6.07) is 30.2. The number of amides is 2. The third-order valence-corrected chi connectivity index (χ3v) is 13.2. The highest BCUT2D eigenvalue weighted by Crippen LogP contribution is 2.42. The van der Waals surface area contributed by atoms with E-state index in [4.69, 9.17) is 42.1 Å². The van der Waals surface area contributed by atoms with Crippen molar-refractivity contribution >= 4 is 51.9 Å². The molecule has 0 radical (unpaired) electrons. The minimum Gasteiger partial charge on any atom is -0.490 e. The highest BCUT2D eigenvalue weighted by molar-refractivity contribution is 6.32. The number of aliphatic hydroxyl groups excluding tert-OH is 1. The van der Waals surface area contributed by atoms with Crippen molar-refractivity contribution in [3.63, 3.8) is 0 Å². The second-order valence-corrected chi connectivity index (χ2v) is 19.4. The third-order valence-electron chi connectivity index (χ3n) is 12.7. The number of nitrogens with one attached hydrogen (secondary N) is 2. The number of β-amino-alcohol motifs (C(OH)–C–C–N with tert-alkyl or cyclic N) is 1. The number of hydrogen-bond donors (Lipinski definition) is 4. The van der Waals surface area contributed by atoms with Gasteiger partial charge in [-0.1, -0.05) is 53.5 Å². The molecule has 368 valence electrons. The zero-order valence-electron chi connectivity index (χ0n) is 39.3. The number of carboxylic acids is 1. The lowest BCUT2D eigenvalue weighted by Crippen LogP contribution is -2.49. The largest absolute Gasteiger partial charge is 0.490 e. The van der Waals surface area contributed by atoms with Crippen molar-refractivity contribution in [2.45, 2.75) is 82.3 Å². The molecule has 5 aromatic carbocycles. The van der Waals surface area contributed by atoms with E-state index >= 15 is 0 Å². The van der Waals surface area contributed by atoms with Crippen molar-refractivity contribution in [3.05, 3.63) is 142 Å². The molecule has 70 heavy (non-hydrogen) atoms. The number of aromatic nitrogens is 2. The molecule has 3 heterocycles. The number of piperidine rings is 1. The molecule has 9 rings (SSSR count). The predicted octanol–water partition coefficient (Wildman–Crippen LogP) is 9.00. The van der Waals surface area contributed by atoms with Crippen molar-refractivity contribution in [2.24, 2.45) is 5.92 Å². The van der Waals surface area contributed by atoms with Gasteiger partial charge in [-0.2, -0.15) is 5.10 Å². The number of benzene rings is 5. The summed E-state index contributed by atoms with van der Waals surface area (Å²) in [5, 5.41) is 31.9. The Morgan fingerprint density at radius 1 is 0.957 bits per heavy atom. The molecule has 0 bridgehead atoms. The Hall–Kier alpha value is -6.39. The minimum absolute atomic E-state index is 0.0522. The SMILES string of the molecule is CNC(=O)c1cc(Cl)c(OC(C)(C)C(=O)O)cc1OC[C@@H](O)CN1CCC2(CC1)Cc1cc(Cl)ccc1O2.C[C@H](NC(=O)C1CC1)[C@H](Oc1ccc2c(cnn2-c2ccc(F)cc2)c1)c1ccccc1. The number of likely N-dealkylation sites (tertiary alicyclic amines) is 1. The number of ether oxygens (including phenoxy) is 4. The Bertz CT molecular complexity index is 2830. The topological polar surface area (TPSA) is 174 Å². The van der Waals surface area contributed by atoms with E-state index in [2.05, 4.69) is 20.6 Å². The highest BCUT2D eigenvalue weighted by Gasteiger charge is 2.42. The van der Waals surface area contributed by atoms with Crippen LogP contribution in [0.25, 0.3) is 16.6 Å². The first-order chi connectivity index (χ1) is 33.5. The van der Waals surface area contributed by atoms with Crippen LogP contribution in [-0.4, -0.2) is 99.3 Å². The number of rotatable bonds is 16. The summed E-state index contributed by atoms with van der Waals surface area (Å²) < 4.78 is 39.1. The number of aliphatic hydroxyl groups is 1. The van der Waals surface area contributed by atoms with Gasteiger partial charge in [0.1, 0.15) is 53.2 Å². The van der Waals surface area contributed by atoms with Crippen LogP contribution in [0.15, 0.2) is 109 Å². The van der Waals surface area contributed by atoms with Gasteiger partial charge in [-0.3, -0.25) is 9.59 Å². The Morgan fingerprint density at radius 3 is 2.37 bits per heavy atom. The maximum absolute atomic E-state index is 13.3. The number of carbonyl (C=O) groups is 3. The van der Waals surface area contributed by atoms with E-state index in [1.807, 2.05) is 73.7 Å². The van der Waals surface area contributed by atoms with Crippen LogP contribution in [0.2, 0.25) is 10.0 Å². The zero-order valence-corrected chi connectivity index (χ0v) is 40.8. The van der Waals surface area contributed by atoms with Crippen LogP contribution >= 0.6 is 23.2 Å². The second-order valence-electron chi connectivity index (χ2n) is 18.5. The molecule has 1 saturated carbocycles. The Balaban J connectivity index is 0.000000191. The van der Waals surface area contributed by atoms with Crippen LogP contribution in [0.5, 0.6) is 23.0 Å². The molecule has 3 aliphatic rings. The summed E-state index contributed by atoms with van der Waals surface area (Å²) in [7, 11) is 1.47. The molecule has 14 nitrogen and oxygen atoms in total. The minimum atomic E-state index is -1.56. The number of aliphatic carboxylic acids is 1. The van der Waals surface area contributed by atoms with E-state index in [9.17, 15) is 29.0 Å². The molecule has 4 N–H and O–H groups in total. The normalized spacial score (nSPS) is 16.5. The molecule has 1 aliphatic carbocycles. The molecule has 2 fully saturated rings. The van der Waals surface area contributed by atoms with E-state index in [-0.39, 0.29) is 64.1 Å². The van der Waals surface area contributed by atoms with E-state index in [1.165, 1.54) is 45.2 Å². The molecular weight excluding hydrogens is 941 g/mol. The quantitative estimate of drug-likeness (QED) is 0.0729. The van der Waals surface area contributed by atoms with E-state index in [0.717, 1.165) is 78.7 Å². The molecule has 2 amide bonds. The second kappa shape index (κ2) is 21.3. The molecule has 0 unspecified atom stereocenters. The van der Waals surface area contributed by atoms with Gasteiger partial charge in [-0.25, -0.2) is 13.9 Å². The predicted molar refractivity (Wildman–Crippen MR) is 264 cm³/mol. The maximum atomic E-state index is 13.3. The highest BCUT2D eigenvalue weighted by atomic mass is 35.5. The van der Waals surface area contributed by atoms with Crippen molar-refractivity contribution in [3.8, 4) is 28.7 Å². The van der Waals surface area contributed by atoms with E-state index < -0.39 is 23.6 Å². The molecule has 2 aliphatic heterocycles. The fourth-order valence-electron chi connectivity index (χ4n) is 8.61. The molecule has 17 heteroatoms. The van der Waals surface area contributed by atoms with E-state index in [0.29, 0.717) is 17.3 Å². The summed E-state index contributed by atoms with van der Waals surface area (Å²) in [5.41, 5.74) is 2.16. The number of hydrogen-bond acceptors (Lipinski definition) is 10. The van der Waals surface area contributed by atoms with Gasteiger partial charge in [0.15, 0.2) is 5.60 Å². The monoisotopic (exact) mass is 995 g/mol. The van der Waals surface area contributed by atoms with Crippen molar-refractivity contribution in [1.29, 1.82) is 0 Å². The lowest BCUT2D eigenvalue weighted by atomic mass is 9.87. The first kappa shape index (κ1) is 50.0. The Kier molecular flexibility index (Phi) is 15.2. The van der Waals surface area contributed by atoms with E-state index in [1.54, 1.807) is 23.0 Å². The number of carboxylic acid groups (broad SMARTS) is 1. The van der Waals surface area contributed by atoms with Gasteiger partial charge < -0.3 is 44.7 Å². The molecular formula is C53H56Cl2FN5O9. The first-order valence-corrected chi connectivity index (χ1v) is 24.0. The molecule has 1 saturated heterocycles. The Morgan fingerprint density at radius 2 is 1.69 bits per heavy atom. The van der Waals surface area contributed by atoms with Crippen LogP contribution in [0.4, 0.5) is 4.39 Å². The van der Waals surface area contributed by atoms with Gasteiger partial charge in [0.05, 0.1) is 34.0 Å². The summed E-state index contributed by atoms with van der Waals surface area (Å²) in [5.74, 6) is 0.0883. The number of halogens is 3. The molecule has 6 aromatic rings. The molecule has 1 aromatic heterocycles. The maximum Gasteiger partial charge on any atom is 0.347 e. The average Bonchev–Trinajstić information content (AvgIpc) is 4.03. The fraction of sp³-hybridized carbons (Fsp3) is 0.358. The number of nitrogens with zero attached hydrogens (tertiary/aromatic N) is 3.